The second-order valence-corrected chi connectivity index (χ2v) is 9.03. The Morgan fingerprint density at radius 1 is 1.25 bits per heavy atom. The molecule has 0 radical (unpaired) electrons. The average molecular weight is 348 g/mol. The van der Waals surface area contributed by atoms with Crippen molar-refractivity contribution in [3.63, 3.8) is 0 Å². The van der Waals surface area contributed by atoms with Gasteiger partial charge < -0.3 is 8.87 Å². The lowest BCUT2D eigenvalue weighted by atomic mass is 9.95. The van der Waals surface area contributed by atoms with Crippen molar-refractivity contribution in [2.75, 3.05) is 17.1 Å². The van der Waals surface area contributed by atoms with Gasteiger partial charge in [-0.15, -0.1) is 0 Å². The summed E-state index contributed by atoms with van der Waals surface area (Å²) in [7, 11) is 2.14. The molecule has 0 amide bonds. The fourth-order valence-electron chi connectivity index (χ4n) is 2.81. The molecule has 0 aliphatic carbocycles. The highest BCUT2D eigenvalue weighted by molar-refractivity contribution is 8.00. The van der Waals surface area contributed by atoms with Gasteiger partial charge in [-0.3, -0.25) is 0 Å². The fraction of sp³-hybridized carbons (Fsp3) is 0.650. The molecule has 0 aliphatic heterocycles. The second kappa shape index (κ2) is 7.81. The zero-order valence-electron chi connectivity index (χ0n) is 16.4. The van der Waals surface area contributed by atoms with E-state index in [1.54, 1.807) is 0 Å². The molecule has 2 aromatic rings. The molecule has 0 saturated heterocycles. The summed E-state index contributed by atoms with van der Waals surface area (Å²) in [6, 6.07) is 6.71. The molecule has 0 bridgehead atoms. The van der Waals surface area contributed by atoms with E-state index in [9.17, 15) is 0 Å². The van der Waals surface area contributed by atoms with Gasteiger partial charge in [-0.2, -0.15) is 0 Å². The number of fused-ring (bicyclic) bond motifs is 1. The van der Waals surface area contributed by atoms with E-state index in [1.165, 1.54) is 29.9 Å². The van der Waals surface area contributed by atoms with Gasteiger partial charge in [0.15, 0.2) is 0 Å². The van der Waals surface area contributed by atoms with Crippen LogP contribution in [-0.2, 0) is 12.0 Å². The van der Waals surface area contributed by atoms with Crippen LogP contribution in [0.15, 0.2) is 18.2 Å². The van der Waals surface area contributed by atoms with E-state index in [0.717, 1.165) is 17.8 Å². The van der Waals surface area contributed by atoms with Crippen LogP contribution in [-0.4, -0.2) is 22.4 Å². The van der Waals surface area contributed by atoms with Gasteiger partial charge in [0.2, 0.25) is 0 Å². The Bertz CT molecular complexity index is 669. The highest BCUT2D eigenvalue weighted by Gasteiger charge is 2.23. The summed E-state index contributed by atoms with van der Waals surface area (Å²) in [5, 5.41) is 0. The zero-order valence-corrected chi connectivity index (χ0v) is 17.2. The molecule has 3 nitrogen and oxygen atoms in total. The number of nitrogens with zero attached hydrogens (tertiary/aromatic N) is 3. The maximum atomic E-state index is 5.02. The Labute approximate surface area is 152 Å². The van der Waals surface area contributed by atoms with Crippen LogP contribution >= 0.6 is 11.9 Å². The van der Waals surface area contributed by atoms with Crippen LogP contribution in [0.4, 0.5) is 5.69 Å². The Morgan fingerprint density at radius 2 is 1.96 bits per heavy atom. The van der Waals surface area contributed by atoms with Gasteiger partial charge in [-0.1, -0.05) is 59.9 Å². The molecule has 2 rings (SSSR count). The molecule has 1 atom stereocenters. The van der Waals surface area contributed by atoms with Crippen LogP contribution in [0, 0.1) is 5.92 Å². The van der Waals surface area contributed by atoms with Gasteiger partial charge in [0.1, 0.15) is 5.82 Å². The van der Waals surface area contributed by atoms with Gasteiger partial charge in [0.25, 0.3) is 0 Å². The van der Waals surface area contributed by atoms with Crippen LogP contribution in [0.2, 0.25) is 0 Å². The lowest BCUT2D eigenvalue weighted by molar-refractivity contribution is 0.431. The molecular weight excluding hydrogens is 314 g/mol. The molecule has 1 heterocycles. The predicted octanol–water partition coefficient (Wildman–Crippen LogP) is 5.87. The lowest BCUT2D eigenvalue weighted by Crippen LogP contribution is -2.21. The van der Waals surface area contributed by atoms with E-state index >= 15 is 0 Å². The molecule has 1 unspecified atom stereocenters. The topological polar surface area (TPSA) is 21.1 Å². The molecule has 0 N–H and O–H groups in total. The molecule has 24 heavy (non-hydrogen) atoms. The molecule has 0 aliphatic rings. The van der Waals surface area contributed by atoms with Crippen molar-refractivity contribution in [1.82, 2.24) is 9.55 Å². The number of aromatic nitrogens is 2. The first-order valence-corrected chi connectivity index (χ1v) is 10.1. The summed E-state index contributed by atoms with van der Waals surface area (Å²) < 4.78 is 4.69. The van der Waals surface area contributed by atoms with Crippen LogP contribution in [0.25, 0.3) is 11.0 Å². The van der Waals surface area contributed by atoms with Crippen molar-refractivity contribution in [2.45, 2.75) is 66.3 Å². The standard InChI is InChI=1S/C20H33N3S/c1-8-12-24-22(7)16-10-11-18-17(13-16)21-19(20(4,5)6)23(18)14-15(3)9-2/h10-11,13,15H,8-9,12,14H2,1-7H3. The maximum Gasteiger partial charge on any atom is 0.115 e. The first-order valence-electron chi connectivity index (χ1n) is 9.15. The van der Waals surface area contributed by atoms with Crippen molar-refractivity contribution >= 4 is 28.7 Å². The Kier molecular flexibility index (Phi) is 6.24. The summed E-state index contributed by atoms with van der Waals surface area (Å²) >= 11 is 1.87. The second-order valence-electron chi connectivity index (χ2n) is 7.81. The fourth-order valence-corrected chi connectivity index (χ4v) is 3.53. The van der Waals surface area contributed by atoms with Gasteiger partial charge >= 0.3 is 0 Å². The van der Waals surface area contributed by atoms with Crippen molar-refractivity contribution in [3.05, 3.63) is 24.0 Å². The molecule has 1 aromatic heterocycles. The van der Waals surface area contributed by atoms with Crippen LogP contribution in [0.3, 0.4) is 0 Å². The molecule has 0 spiro atoms. The largest absolute Gasteiger partial charge is 0.327 e. The van der Waals surface area contributed by atoms with E-state index < -0.39 is 0 Å². The van der Waals surface area contributed by atoms with Gasteiger partial charge in [0, 0.05) is 30.4 Å². The van der Waals surface area contributed by atoms with E-state index in [0.29, 0.717) is 5.92 Å². The van der Waals surface area contributed by atoms with Crippen LogP contribution in [0.1, 0.15) is 60.2 Å². The smallest absolute Gasteiger partial charge is 0.115 e. The summed E-state index contributed by atoms with van der Waals surface area (Å²) in [4.78, 5) is 5.02. The maximum absolute atomic E-state index is 5.02. The molecular formula is C20H33N3S. The first-order chi connectivity index (χ1) is 11.3. The van der Waals surface area contributed by atoms with Crippen molar-refractivity contribution in [3.8, 4) is 0 Å². The molecule has 4 heteroatoms. The van der Waals surface area contributed by atoms with E-state index in [2.05, 4.69) is 75.7 Å². The zero-order chi connectivity index (χ0) is 17.9. The third-order valence-electron chi connectivity index (χ3n) is 4.45. The quantitative estimate of drug-likeness (QED) is 0.584. The van der Waals surface area contributed by atoms with Gasteiger partial charge in [0.05, 0.1) is 11.0 Å². The average Bonchev–Trinajstić information content (AvgIpc) is 2.90. The number of anilines is 1. The van der Waals surface area contributed by atoms with Gasteiger partial charge in [-0.05, 0) is 30.5 Å². The monoisotopic (exact) mass is 347 g/mol. The predicted molar refractivity (Wildman–Crippen MR) is 109 cm³/mol. The minimum Gasteiger partial charge on any atom is -0.327 e. The van der Waals surface area contributed by atoms with Crippen molar-refractivity contribution in [2.24, 2.45) is 5.92 Å². The highest BCUT2D eigenvalue weighted by Crippen LogP contribution is 2.31. The van der Waals surface area contributed by atoms with E-state index in [-0.39, 0.29) is 5.41 Å². The van der Waals surface area contributed by atoms with Gasteiger partial charge in [-0.25, -0.2) is 4.98 Å². The summed E-state index contributed by atoms with van der Waals surface area (Å²) in [6.45, 7) is 14.6. The minimum absolute atomic E-state index is 0.0511. The number of benzene rings is 1. The third-order valence-corrected chi connectivity index (χ3v) is 5.64. The molecule has 1 aromatic carbocycles. The normalized spacial score (nSPS) is 13.5. The van der Waals surface area contributed by atoms with Crippen LogP contribution < -0.4 is 4.31 Å². The Balaban J connectivity index is 2.46. The lowest BCUT2D eigenvalue weighted by Gasteiger charge is -2.22. The third kappa shape index (κ3) is 4.27. The van der Waals surface area contributed by atoms with Crippen LogP contribution in [0.5, 0.6) is 0 Å². The number of rotatable bonds is 7. The molecule has 0 saturated carbocycles. The number of hydrogen-bond donors (Lipinski definition) is 0. The Hall–Kier alpha value is -1.16. The summed E-state index contributed by atoms with van der Waals surface area (Å²) in [6.07, 6.45) is 2.38. The van der Waals surface area contributed by atoms with Crippen molar-refractivity contribution < 1.29 is 0 Å². The van der Waals surface area contributed by atoms with E-state index in [4.69, 9.17) is 4.98 Å². The summed E-state index contributed by atoms with van der Waals surface area (Å²) in [5.74, 6) is 2.99. The summed E-state index contributed by atoms with van der Waals surface area (Å²) in [5.41, 5.74) is 3.66. The SMILES string of the molecule is CCCSN(C)c1ccc2c(c1)nc(C(C)(C)C)n2CC(C)CC. The molecule has 134 valence electrons. The van der Waals surface area contributed by atoms with Crippen molar-refractivity contribution in [1.29, 1.82) is 0 Å². The number of imidazole rings is 1. The van der Waals surface area contributed by atoms with E-state index in [1.807, 2.05) is 11.9 Å². The molecule has 0 fully saturated rings. The first kappa shape index (κ1) is 19.2. The Morgan fingerprint density at radius 3 is 2.54 bits per heavy atom. The number of hydrogen-bond acceptors (Lipinski definition) is 3. The minimum atomic E-state index is 0.0511. The highest BCUT2D eigenvalue weighted by atomic mass is 32.2.